The molecule has 0 aliphatic heterocycles. The fourth-order valence-electron chi connectivity index (χ4n) is 0.922. The summed E-state index contributed by atoms with van der Waals surface area (Å²) in [7, 11) is 0. The van der Waals surface area contributed by atoms with Crippen molar-refractivity contribution in [3.05, 3.63) is 16.6 Å². The Balaban J connectivity index is 3.12. The maximum Gasteiger partial charge on any atom is 0.251 e. The van der Waals surface area contributed by atoms with Crippen molar-refractivity contribution in [1.29, 1.82) is 0 Å². The summed E-state index contributed by atoms with van der Waals surface area (Å²) in [5.41, 5.74) is 0.0185. The Morgan fingerprint density at radius 1 is 1.42 bits per heavy atom. The molecule has 6 heteroatoms. The van der Waals surface area contributed by atoms with Crippen LogP contribution in [0.3, 0.4) is 0 Å². The molecule has 1 aromatic rings. The molecule has 1 aromatic heterocycles. The van der Waals surface area contributed by atoms with Crippen molar-refractivity contribution < 1.29 is 19.7 Å². The lowest BCUT2D eigenvalue weighted by Gasteiger charge is -2.01. The third-order valence-corrected chi connectivity index (χ3v) is 1.46. The van der Waals surface area contributed by atoms with Gasteiger partial charge < -0.3 is 15.4 Å². The van der Waals surface area contributed by atoms with Gasteiger partial charge in [0.1, 0.15) is 12.2 Å². The Labute approximate surface area is 68.6 Å². The quantitative estimate of drug-likeness (QED) is 0.585. The third kappa shape index (κ3) is 1.39. The van der Waals surface area contributed by atoms with E-state index in [4.69, 9.17) is 10.2 Å². The van der Waals surface area contributed by atoms with Gasteiger partial charge in [0.25, 0.3) is 5.69 Å². The lowest BCUT2D eigenvalue weighted by Crippen LogP contribution is -2.30. The van der Waals surface area contributed by atoms with Gasteiger partial charge in [-0.3, -0.25) is 4.63 Å². The molecule has 0 amide bonds. The highest BCUT2D eigenvalue weighted by molar-refractivity contribution is 5.08. The fraction of sp³-hybridized carbons (Fsp3) is 0.667. The van der Waals surface area contributed by atoms with Crippen LogP contribution in [0.5, 0.6) is 0 Å². The van der Waals surface area contributed by atoms with Crippen molar-refractivity contribution in [2.24, 2.45) is 0 Å². The van der Waals surface area contributed by atoms with Crippen molar-refractivity contribution in [1.82, 2.24) is 5.16 Å². The number of aromatic nitrogens is 2. The van der Waals surface area contributed by atoms with E-state index in [-0.39, 0.29) is 16.3 Å². The van der Waals surface area contributed by atoms with Gasteiger partial charge in [-0.05, 0) is 18.8 Å². The lowest BCUT2D eigenvalue weighted by molar-refractivity contribution is -0.810. The van der Waals surface area contributed by atoms with Gasteiger partial charge in [-0.15, -0.1) is 0 Å². The summed E-state index contributed by atoms with van der Waals surface area (Å²) in [6, 6.07) is 0. The minimum absolute atomic E-state index is 0.0509. The average Bonchev–Trinajstić information content (AvgIpc) is 2.30. The summed E-state index contributed by atoms with van der Waals surface area (Å²) in [6.45, 7) is 2.83. The Morgan fingerprint density at radius 2 is 2.00 bits per heavy atom. The van der Waals surface area contributed by atoms with Crippen molar-refractivity contribution in [2.45, 2.75) is 26.1 Å². The largest absolute Gasteiger partial charge is 0.385 e. The van der Waals surface area contributed by atoms with Gasteiger partial charge in [0, 0.05) is 5.16 Å². The van der Waals surface area contributed by atoms with Crippen LogP contribution in [0.4, 0.5) is 0 Å². The van der Waals surface area contributed by atoms with E-state index in [2.05, 4.69) is 9.79 Å². The predicted molar refractivity (Wildman–Crippen MR) is 36.7 cm³/mol. The van der Waals surface area contributed by atoms with E-state index in [1.165, 1.54) is 13.8 Å². The molecule has 12 heavy (non-hydrogen) atoms. The predicted octanol–water partition coefficient (Wildman–Crippen LogP) is -0.585. The summed E-state index contributed by atoms with van der Waals surface area (Å²) in [5.74, 6) is 0. The monoisotopic (exact) mass is 174 g/mol. The molecule has 0 spiro atoms. The minimum atomic E-state index is -1.00. The van der Waals surface area contributed by atoms with Gasteiger partial charge in [0.2, 0.25) is 5.69 Å². The lowest BCUT2D eigenvalue weighted by atomic mass is 10.2. The molecule has 1 heterocycles. The first-order valence-electron chi connectivity index (χ1n) is 3.49. The van der Waals surface area contributed by atoms with Crippen LogP contribution in [0.1, 0.15) is 37.4 Å². The Kier molecular flexibility index (Phi) is 2.30. The van der Waals surface area contributed by atoms with Gasteiger partial charge in [-0.2, -0.15) is 0 Å². The molecule has 0 unspecified atom stereocenters. The van der Waals surface area contributed by atoms with Crippen LogP contribution in [0.25, 0.3) is 0 Å². The Hall–Kier alpha value is -1.14. The molecule has 0 radical (unpaired) electrons. The van der Waals surface area contributed by atoms with Crippen LogP contribution >= 0.6 is 0 Å². The van der Waals surface area contributed by atoms with E-state index in [9.17, 15) is 5.21 Å². The van der Waals surface area contributed by atoms with Gasteiger partial charge in [-0.25, -0.2) is 0 Å². The van der Waals surface area contributed by atoms with Crippen molar-refractivity contribution in [3.8, 4) is 0 Å². The van der Waals surface area contributed by atoms with E-state index in [1.807, 2.05) is 0 Å². The zero-order valence-electron chi connectivity index (χ0n) is 6.76. The van der Waals surface area contributed by atoms with Crippen LogP contribution in [0.2, 0.25) is 0 Å². The second kappa shape index (κ2) is 3.08. The molecule has 1 rings (SSSR count). The summed E-state index contributed by atoms with van der Waals surface area (Å²) >= 11 is 0. The number of rotatable bonds is 2. The second-order valence-corrected chi connectivity index (χ2v) is 2.55. The summed E-state index contributed by atoms with van der Waals surface area (Å²) < 4.78 is 4.21. The van der Waals surface area contributed by atoms with Gasteiger partial charge in [0.15, 0.2) is 0 Å². The molecule has 0 aliphatic rings. The molecule has 2 N–H and O–H groups in total. The summed E-state index contributed by atoms with van der Waals surface area (Å²) in [5, 5.41) is 32.3. The molecule has 0 aromatic carbocycles. The van der Waals surface area contributed by atoms with Gasteiger partial charge in [0.05, 0.1) is 0 Å². The first-order chi connectivity index (χ1) is 5.54. The van der Waals surface area contributed by atoms with E-state index in [0.717, 1.165) is 0 Å². The first-order valence-corrected chi connectivity index (χ1v) is 3.49. The highest BCUT2D eigenvalue weighted by atomic mass is 16.8. The topological polar surface area (TPSA) is 93.4 Å². The molecule has 0 saturated carbocycles. The number of hydrogen-bond donors (Lipinski definition) is 2. The standard InChI is InChI=1S/C6H10N2O4/c1-3(9)5-6(4(2)10)8(11)12-7-5/h3-4,9-10H,1-2H3/t3-,4-/m0/s1. The Bertz CT molecular complexity index is 269. The number of hydrogen-bond acceptors (Lipinski definition) is 5. The zero-order valence-corrected chi connectivity index (χ0v) is 6.76. The van der Waals surface area contributed by atoms with Crippen molar-refractivity contribution in [2.75, 3.05) is 0 Å². The Morgan fingerprint density at radius 3 is 2.33 bits per heavy atom. The minimum Gasteiger partial charge on any atom is -0.385 e. The maximum atomic E-state index is 10.8. The molecular formula is C6H10N2O4. The smallest absolute Gasteiger partial charge is 0.251 e. The van der Waals surface area contributed by atoms with Gasteiger partial charge in [-0.1, -0.05) is 0 Å². The number of aliphatic hydroxyl groups is 2. The molecule has 68 valence electrons. The van der Waals surface area contributed by atoms with Crippen LogP contribution in [-0.4, -0.2) is 15.4 Å². The van der Waals surface area contributed by atoms with Crippen LogP contribution in [0, 0.1) is 5.21 Å². The molecule has 0 aliphatic carbocycles. The normalized spacial score (nSPS) is 16.0. The SMILES string of the molecule is C[C@H](O)c1no[n+]([O-])c1[C@H](C)O. The third-order valence-electron chi connectivity index (χ3n) is 1.46. The van der Waals surface area contributed by atoms with Crippen LogP contribution in [-0.2, 0) is 0 Å². The molecular weight excluding hydrogens is 164 g/mol. The van der Waals surface area contributed by atoms with Crippen LogP contribution < -0.4 is 4.90 Å². The van der Waals surface area contributed by atoms with Gasteiger partial charge >= 0.3 is 0 Å². The molecule has 2 atom stereocenters. The number of nitrogens with zero attached hydrogens (tertiary/aromatic N) is 2. The van der Waals surface area contributed by atoms with E-state index < -0.39 is 12.2 Å². The van der Waals surface area contributed by atoms with Crippen molar-refractivity contribution in [3.63, 3.8) is 0 Å². The van der Waals surface area contributed by atoms with E-state index in [0.29, 0.717) is 0 Å². The van der Waals surface area contributed by atoms with E-state index >= 15 is 0 Å². The molecule has 0 saturated heterocycles. The summed E-state index contributed by atoms with van der Waals surface area (Å²) in [4.78, 5) is 0.0900. The molecule has 0 bridgehead atoms. The highest BCUT2D eigenvalue weighted by Gasteiger charge is 2.26. The fourth-order valence-corrected chi connectivity index (χ4v) is 0.922. The summed E-state index contributed by atoms with van der Waals surface area (Å²) in [6.07, 6.45) is -1.92. The second-order valence-electron chi connectivity index (χ2n) is 2.55. The van der Waals surface area contributed by atoms with Crippen molar-refractivity contribution >= 4 is 0 Å². The average molecular weight is 174 g/mol. The van der Waals surface area contributed by atoms with E-state index in [1.54, 1.807) is 0 Å². The highest BCUT2D eigenvalue weighted by Crippen LogP contribution is 2.17. The number of aliphatic hydroxyl groups excluding tert-OH is 2. The maximum absolute atomic E-state index is 10.8. The van der Waals surface area contributed by atoms with Crippen LogP contribution in [0.15, 0.2) is 4.63 Å². The zero-order chi connectivity index (χ0) is 9.30. The first kappa shape index (κ1) is 8.95. The molecule has 0 fully saturated rings. The molecule has 6 nitrogen and oxygen atoms in total.